The number of hydrogen-bond acceptors (Lipinski definition) is 10. The molecule has 4 aromatic rings. The van der Waals surface area contributed by atoms with Gasteiger partial charge in [-0.1, -0.05) is 18.2 Å². The van der Waals surface area contributed by atoms with Gasteiger partial charge in [-0.05, 0) is 68.2 Å². The Morgan fingerprint density at radius 2 is 1.70 bits per heavy atom. The summed E-state index contributed by atoms with van der Waals surface area (Å²) in [6.45, 7) is 3.39. The lowest BCUT2D eigenvalue weighted by atomic mass is 10.1. The number of halogens is 1. The van der Waals surface area contributed by atoms with E-state index in [4.69, 9.17) is 14.3 Å². The molecule has 0 aliphatic heterocycles. The monoisotopic (exact) mass is 654 g/mol. The number of aromatic hydroxyl groups is 1. The number of carboxylic acids is 1. The highest BCUT2D eigenvalue weighted by Gasteiger charge is 2.34. The van der Waals surface area contributed by atoms with Crippen molar-refractivity contribution in [1.29, 1.82) is 0 Å². The summed E-state index contributed by atoms with van der Waals surface area (Å²) in [5.41, 5.74) is -0.199. The van der Waals surface area contributed by atoms with Crippen molar-refractivity contribution in [2.45, 2.75) is 38.8 Å². The first-order chi connectivity index (χ1) is 22.0. The number of thioether (sulfide) groups is 1. The van der Waals surface area contributed by atoms with Crippen LogP contribution >= 0.6 is 11.8 Å². The summed E-state index contributed by atoms with van der Waals surface area (Å²) < 4.78 is 27.2. The van der Waals surface area contributed by atoms with Crippen molar-refractivity contribution in [1.82, 2.24) is 14.1 Å². The molecule has 46 heavy (non-hydrogen) atoms. The zero-order valence-corrected chi connectivity index (χ0v) is 26.8. The lowest BCUT2D eigenvalue weighted by Gasteiger charge is -2.32. The van der Waals surface area contributed by atoms with Crippen LogP contribution in [0.15, 0.2) is 70.4 Å². The molecule has 12 nitrogen and oxygen atoms in total. The Morgan fingerprint density at radius 1 is 1.04 bits per heavy atom. The van der Waals surface area contributed by atoms with E-state index in [1.165, 1.54) is 26.0 Å². The van der Waals surface area contributed by atoms with Crippen molar-refractivity contribution in [3.8, 4) is 28.8 Å². The second-order valence-electron chi connectivity index (χ2n) is 10.4. The van der Waals surface area contributed by atoms with Gasteiger partial charge in [0.05, 0.1) is 25.9 Å². The molecule has 0 spiro atoms. The van der Waals surface area contributed by atoms with E-state index >= 15 is 0 Å². The minimum Gasteiger partial charge on any atom is -0.494 e. The third kappa shape index (κ3) is 7.35. The number of carboxylic acid groups (broad SMARTS) is 1. The summed E-state index contributed by atoms with van der Waals surface area (Å²) >= 11 is 1.44. The van der Waals surface area contributed by atoms with Gasteiger partial charge >= 0.3 is 5.97 Å². The highest BCUT2D eigenvalue weighted by Crippen LogP contribution is 2.36. The molecule has 0 saturated heterocycles. The number of carbonyl (C=O) groups is 1. The molecule has 2 heterocycles. The average molecular weight is 655 g/mol. The van der Waals surface area contributed by atoms with Crippen molar-refractivity contribution in [3.05, 3.63) is 98.4 Å². The Kier molecular flexibility index (Phi) is 11.1. The number of aliphatic carboxylic acids is 1. The Hall–Kier alpha value is -4.82. The van der Waals surface area contributed by atoms with Gasteiger partial charge < -0.3 is 19.7 Å². The molecule has 0 amide bonds. The Labute approximate surface area is 268 Å². The van der Waals surface area contributed by atoms with E-state index < -0.39 is 40.9 Å². The summed E-state index contributed by atoms with van der Waals surface area (Å²) in [6.07, 6.45) is 2.40. The van der Waals surface area contributed by atoms with Crippen LogP contribution in [0.25, 0.3) is 11.4 Å². The van der Waals surface area contributed by atoms with Crippen LogP contribution in [0, 0.1) is 5.82 Å². The third-order valence-corrected chi connectivity index (χ3v) is 7.56. The van der Waals surface area contributed by atoms with Crippen LogP contribution in [0.3, 0.4) is 0 Å². The van der Waals surface area contributed by atoms with Gasteiger partial charge in [0.2, 0.25) is 11.8 Å². The smallest absolute Gasteiger partial charge is 0.329 e. The summed E-state index contributed by atoms with van der Waals surface area (Å²) in [6, 6.07) is 12.2. The van der Waals surface area contributed by atoms with Crippen LogP contribution in [-0.4, -0.2) is 68.7 Å². The second-order valence-corrected chi connectivity index (χ2v) is 11.4. The number of pyridine rings is 1. The summed E-state index contributed by atoms with van der Waals surface area (Å²) in [7, 11) is 2.81. The Balaban J connectivity index is 1.94. The molecule has 4 rings (SSSR count). The van der Waals surface area contributed by atoms with Crippen LogP contribution in [0.1, 0.15) is 31.4 Å². The van der Waals surface area contributed by atoms with E-state index in [-0.39, 0.29) is 41.5 Å². The number of rotatable bonds is 14. The molecule has 0 fully saturated rings. The van der Waals surface area contributed by atoms with Crippen molar-refractivity contribution in [2.24, 2.45) is 0 Å². The molecule has 0 aliphatic carbocycles. The molecular formula is C32H35FN4O8S. The zero-order chi connectivity index (χ0) is 33.5. The molecule has 2 aromatic carbocycles. The molecular weight excluding hydrogens is 619 g/mol. The molecule has 0 bridgehead atoms. The molecule has 0 aliphatic rings. The van der Waals surface area contributed by atoms with Crippen molar-refractivity contribution in [2.75, 3.05) is 31.3 Å². The lowest BCUT2D eigenvalue weighted by molar-refractivity contribution is -0.141. The van der Waals surface area contributed by atoms with Crippen LogP contribution in [0.5, 0.6) is 17.4 Å². The molecule has 0 unspecified atom stereocenters. The van der Waals surface area contributed by atoms with Crippen molar-refractivity contribution >= 4 is 23.7 Å². The maximum atomic E-state index is 14.4. The van der Waals surface area contributed by atoms with E-state index in [0.29, 0.717) is 17.0 Å². The van der Waals surface area contributed by atoms with E-state index in [1.807, 2.05) is 6.26 Å². The number of benzene rings is 2. The largest absolute Gasteiger partial charge is 0.494 e. The Morgan fingerprint density at radius 3 is 2.26 bits per heavy atom. The fourth-order valence-corrected chi connectivity index (χ4v) is 5.25. The topological polar surface area (TPSA) is 145 Å². The van der Waals surface area contributed by atoms with Gasteiger partial charge in [-0.15, -0.1) is 0 Å². The van der Waals surface area contributed by atoms with Gasteiger partial charge in [0.1, 0.15) is 23.0 Å². The number of ether oxygens (including phenoxy) is 2. The number of para-hydroxylation sites is 1. The van der Waals surface area contributed by atoms with E-state index in [0.717, 1.165) is 32.5 Å². The van der Waals surface area contributed by atoms with Gasteiger partial charge in [0.15, 0.2) is 6.04 Å². The summed E-state index contributed by atoms with van der Waals surface area (Å²) in [5, 5.41) is 22.5. The van der Waals surface area contributed by atoms with Crippen molar-refractivity contribution < 1.29 is 33.7 Å². The van der Waals surface area contributed by atoms with Crippen LogP contribution < -0.4 is 25.7 Å². The number of nitrogens with zero attached hydrogens (tertiary/aromatic N) is 4. The van der Waals surface area contributed by atoms with E-state index in [1.54, 1.807) is 56.3 Å². The van der Waals surface area contributed by atoms with Crippen LogP contribution in [-0.2, 0) is 16.1 Å². The van der Waals surface area contributed by atoms with Gasteiger partial charge in [-0.2, -0.15) is 16.7 Å². The highest BCUT2D eigenvalue weighted by molar-refractivity contribution is 7.98. The van der Waals surface area contributed by atoms with E-state index in [9.17, 15) is 29.0 Å². The number of anilines is 1. The van der Waals surface area contributed by atoms with Crippen molar-refractivity contribution in [3.63, 3.8) is 0 Å². The average Bonchev–Trinajstić information content (AvgIpc) is 3.03. The fourth-order valence-electron chi connectivity index (χ4n) is 4.79. The first-order valence-corrected chi connectivity index (χ1v) is 15.6. The molecule has 0 radical (unpaired) electrons. The zero-order valence-electron chi connectivity index (χ0n) is 26.0. The first-order valence-electron chi connectivity index (χ1n) is 14.2. The van der Waals surface area contributed by atoms with Gasteiger partial charge in [-0.25, -0.2) is 18.8 Å². The predicted octanol–water partition coefficient (Wildman–Crippen LogP) is 4.19. The minimum atomic E-state index is -1.28. The number of hydrogen-bond donors (Lipinski definition) is 2. The first kappa shape index (κ1) is 34.1. The highest BCUT2D eigenvalue weighted by atomic mass is 32.2. The number of methoxy groups -OCH3 is 2. The summed E-state index contributed by atoms with van der Waals surface area (Å²) in [5.74, 6) is -1.85. The molecule has 0 saturated carbocycles. The molecule has 244 valence electrons. The maximum absolute atomic E-state index is 14.4. The normalized spacial score (nSPS) is 11.8. The van der Waals surface area contributed by atoms with E-state index in [2.05, 4.69) is 4.98 Å². The Bertz CT molecular complexity index is 1790. The molecule has 1 atom stereocenters. The molecule has 2 N–H and O–H groups in total. The van der Waals surface area contributed by atoms with Crippen LogP contribution in [0.2, 0.25) is 0 Å². The minimum absolute atomic E-state index is 0.104. The third-order valence-electron chi connectivity index (χ3n) is 6.92. The number of hydroxylamine groups is 1. The second kappa shape index (κ2) is 15.0. The quantitative estimate of drug-likeness (QED) is 0.189. The van der Waals surface area contributed by atoms with Crippen LogP contribution in [0.4, 0.5) is 10.3 Å². The number of aromatic nitrogens is 3. The summed E-state index contributed by atoms with van der Waals surface area (Å²) in [4.78, 5) is 49.6. The lowest BCUT2D eigenvalue weighted by Crippen LogP contribution is -2.46. The molecule has 14 heteroatoms. The SMILES string of the molecule is COc1cccc(OC)c1-n1c(N(OC(C)C)[C@@H](CCSC)C(=O)O)nc(O)c(Cc2ccc(-n3cc(F)ccc3=O)cc2)c1=O. The van der Waals surface area contributed by atoms with Gasteiger partial charge in [0.25, 0.3) is 11.1 Å². The van der Waals surface area contributed by atoms with Gasteiger partial charge in [-0.3, -0.25) is 19.0 Å². The molecule has 2 aromatic heterocycles. The predicted molar refractivity (Wildman–Crippen MR) is 173 cm³/mol. The standard InChI is InChI=1S/C32H35FN4O8S/c1-19(2)45-37(24(31(41)42)15-16-46-5)32-34-29(39)23(30(40)36(32)28-25(43-3)7-6-8-26(28)44-4)17-20-9-12-22(13-10-20)35-18-21(33)11-14-27(35)38/h6-14,18-19,24,39H,15-17H2,1-5H3,(H,41,42)/t24-/m0/s1. The van der Waals surface area contributed by atoms with Gasteiger partial charge in [0, 0.05) is 24.4 Å². The fraction of sp³-hybridized carbons (Fsp3) is 0.312. The maximum Gasteiger partial charge on any atom is 0.329 e.